The van der Waals surface area contributed by atoms with Gasteiger partial charge in [0.05, 0.1) is 10.6 Å². The molecule has 0 bridgehead atoms. The lowest BCUT2D eigenvalue weighted by molar-refractivity contribution is 0.0697. The molecule has 0 aliphatic carbocycles. The van der Waals surface area contributed by atoms with E-state index in [-0.39, 0.29) is 5.56 Å². The normalized spacial score (nSPS) is 10.5. The number of carboxylic acid groups (broad SMARTS) is 1. The Kier molecular flexibility index (Phi) is 2.94. The zero-order valence-electron chi connectivity index (χ0n) is 9.57. The second-order valence-corrected chi connectivity index (χ2v) is 4.32. The van der Waals surface area contributed by atoms with E-state index in [0.717, 1.165) is 17.1 Å². The number of hydrogen-bond donors (Lipinski definition) is 1. The van der Waals surface area contributed by atoms with Crippen molar-refractivity contribution in [1.29, 1.82) is 0 Å². The number of hydrogen-bond acceptors (Lipinski definition) is 1. The largest absolute Gasteiger partial charge is 0.478 e. The maximum absolute atomic E-state index is 10.9. The van der Waals surface area contributed by atoms with Crippen LogP contribution in [0.15, 0.2) is 30.3 Å². The van der Waals surface area contributed by atoms with Gasteiger partial charge in [0.1, 0.15) is 0 Å². The molecule has 0 amide bonds. The van der Waals surface area contributed by atoms with E-state index in [0.29, 0.717) is 5.02 Å². The minimum atomic E-state index is -0.930. The number of aromatic carboxylic acids is 1. The SMILES string of the molecule is Cc1cc(Cl)c(C)n1-c1cccc(C(=O)O)c1. The molecule has 2 rings (SSSR count). The van der Waals surface area contributed by atoms with Gasteiger partial charge in [-0.3, -0.25) is 0 Å². The molecular formula is C13H12ClNO2. The standard InChI is InChI=1S/C13H12ClNO2/c1-8-6-12(14)9(2)15(8)11-5-3-4-10(7-11)13(16)17/h3-7H,1-2H3,(H,16,17). The third-order valence-electron chi connectivity index (χ3n) is 2.72. The van der Waals surface area contributed by atoms with Crippen LogP contribution in [-0.2, 0) is 0 Å². The molecule has 0 spiro atoms. The van der Waals surface area contributed by atoms with Gasteiger partial charge in [0.25, 0.3) is 0 Å². The lowest BCUT2D eigenvalue weighted by Crippen LogP contribution is -2.02. The van der Waals surface area contributed by atoms with Crippen LogP contribution in [0.25, 0.3) is 5.69 Å². The van der Waals surface area contributed by atoms with Gasteiger partial charge in [-0.05, 0) is 38.1 Å². The highest BCUT2D eigenvalue weighted by Crippen LogP contribution is 2.24. The molecule has 0 atom stereocenters. The van der Waals surface area contributed by atoms with Gasteiger partial charge in [0.15, 0.2) is 0 Å². The van der Waals surface area contributed by atoms with Crippen molar-refractivity contribution in [2.75, 3.05) is 0 Å². The number of carbonyl (C=O) groups is 1. The van der Waals surface area contributed by atoms with E-state index in [4.69, 9.17) is 16.7 Å². The summed E-state index contributed by atoms with van der Waals surface area (Å²) < 4.78 is 1.94. The third-order valence-corrected chi connectivity index (χ3v) is 3.10. The van der Waals surface area contributed by atoms with Gasteiger partial charge in [-0.25, -0.2) is 4.79 Å². The van der Waals surface area contributed by atoms with Gasteiger partial charge in [-0.15, -0.1) is 0 Å². The molecule has 88 valence electrons. The summed E-state index contributed by atoms with van der Waals surface area (Å²) in [5, 5.41) is 9.65. The van der Waals surface area contributed by atoms with Crippen LogP contribution >= 0.6 is 11.6 Å². The highest BCUT2D eigenvalue weighted by molar-refractivity contribution is 6.31. The van der Waals surface area contributed by atoms with Crippen molar-refractivity contribution < 1.29 is 9.90 Å². The molecule has 1 aromatic heterocycles. The van der Waals surface area contributed by atoms with E-state index < -0.39 is 5.97 Å². The molecule has 0 aliphatic rings. The molecule has 0 saturated heterocycles. The van der Waals surface area contributed by atoms with E-state index in [9.17, 15) is 4.79 Å². The molecule has 0 aliphatic heterocycles. The smallest absolute Gasteiger partial charge is 0.335 e. The minimum absolute atomic E-state index is 0.270. The van der Waals surface area contributed by atoms with Crippen molar-refractivity contribution in [2.24, 2.45) is 0 Å². The molecule has 17 heavy (non-hydrogen) atoms. The van der Waals surface area contributed by atoms with E-state index in [1.54, 1.807) is 18.2 Å². The van der Waals surface area contributed by atoms with Gasteiger partial charge in [-0.1, -0.05) is 17.7 Å². The fourth-order valence-corrected chi connectivity index (χ4v) is 2.14. The monoisotopic (exact) mass is 249 g/mol. The van der Waals surface area contributed by atoms with Crippen molar-refractivity contribution in [3.8, 4) is 5.69 Å². The first-order chi connectivity index (χ1) is 8.00. The molecular weight excluding hydrogens is 238 g/mol. The van der Waals surface area contributed by atoms with E-state index in [1.165, 1.54) is 0 Å². The van der Waals surface area contributed by atoms with Crippen molar-refractivity contribution in [3.63, 3.8) is 0 Å². The summed E-state index contributed by atoms with van der Waals surface area (Å²) in [7, 11) is 0. The van der Waals surface area contributed by atoms with E-state index in [1.807, 2.05) is 30.5 Å². The predicted octanol–water partition coefficient (Wildman–Crippen LogP) is 3.45. The Labute approximate surface area is 104 Å². The molecule has 0 radical (unpaired) electrons. The summed E-state index contributed by atoms with van der Waals surface area (Å²) in [6.07, 6.45) is 0. The summed E-state index contributed by atoms with van der Waals surface area (Å²) in [6.45, 7) is 3.84. The Bertz CT molecular complexity index is 587. The maximum Gasteiger partial charge on any atom is 0.335 e. The lowest BCUT2D eigenvalue weighted by Gasteiger charge is -2.09. The number of nitrogens with zero attached hydrogens (tertiary/aromatic N) is 1. The van der Waals surface area contributed by atoms with Crippen LogP contribution in [0.3, 0.4) is 0 Å². The molecule has 1 N–H and O–H groups in total. The Hall–Kier alpha value is -1.74. The van der Waals surface area contributed by atoms with Gasteiger partial charge in [0, 0.05) is 17.1 Å². The van der Waals surface area contributed by atoms with Crippen LogP contribution in [0.4, 0.5) is 0 Å². The first-order valence-corrected chi connectivity index (χ1v) is 5.56. The molecule has 4 heteroatoms. The van der Waals surface area contributed by atoms with Gasteiger partial charge in [-0.2, -0.15) is 0 Å². The van der Waals surface area contributed by atoms with Crippen LogP contribution in [0.5, 0.6) is 0 Å². The number of benzene rings is 1. The molecule has 0 fully saturated rings. The average molecular weight is 250 g/mol. The topological polar surface area (TPSA) is 42.2 Å². The zero-order valence-corrected chi connectivity index (χ0v) is 10.3. The zero-order chi connectivity index (χ0) is 12.6. The van der Waals surface area contributed by atoms with Crippen LogP contribution in [0.1, 0.15) is 21.7 Å². The van der Waals surface area contributed by atoms with Gasteiger partial charge in [0.2, 0.25) is 0 Å². The minimum Gasteiger partial charge on any atom is -0.478 e. The second kappa shape index (κ2) is 4.26. The molecule has 0 unspecified atom stereocenters. The van der Waals surface area contributed by atoms with Gasteiger partial charge < -0.3 is 9.67 Å². The van der Waals surface area contributed by atoms with Gasteiger partial charge >= 0.3 is 5.97 Å². The van der Waals surface area contributed by atoms with Crippen molar-refractivity contribution in [3.05, 3.63) is 52.3 Å². The third kappa shape index (κ3) is 2.06. The molecule has 0 saturated carbocycles. The first kappa shape index (κ1) is 11.7. The Balaban J connectivity index is 2.60. The summed E-state index contributed by atoms with van der Waals surface area (Å²) in [6, 6.07) is 8.67. The molecule has 1 aromatic carbocycles. The molecule has 1 heterocycles. The molecule has 2 aromatic rings. The summed E-state index contributed by atoms with van der Waals surface area (Å²) in [5.41, 5.74) is 2.97. The number of aromatic nitrogens is 1. The Morgan fingerprint density at radius 1 is 1.29 bits per heavy atom. The second-order valence-electron chi connectivity index (χ2n) is 3.91. The first-order valence-electron chi connectivity index (χ1n) is 5.19. The maximum atomic E-state index is 10.9. The predicted molar refractivity (Wildman–Crippen MR) is 67.2 cm³/mol. The number of carboxylic acids is 1. The summed E-state index contributed by atoms with van der Waals surface area (Å²) in [5.74, 6) is -0.930. The van der Waals surface area contributed by atoms with Crippen molar-refractivity contribution in [1.82, 2.24) is 4.57 Å². The highest BCUT2D eigenvalue weighted by atomic mass is 35.5. The Morgan fingerprint density at radius 2 is 2.00 bits per heavy atom. The molecule has 3 nitrogen and oxygen atoms in total. The number of halogens is 1. The van der Waals surface area contributed by atoms with Crippen LogP contribution in [0.2, 0.25) is 5.02 Å². The van der Waals surface area contributed by atoms with Crippen LogP contribution in [0, 0.1) is 13.8 Å². The lowest BCUT2D eigenvalue weighted by atomic mass is 10.2. The van der Waals surface area contributed by atoms with Crippen LogP contribution < -0.4 is 0 Å². The number of aryl methyl sites for hydroxylation is 1. The average Bonchev–Trinajstić information content (AvgIpc) is 2.53. The summed E-state index contributed by atoms with van der Waals surface area (Å²) in [4.78, 5) is 10.9. The summed E-state index contributed by atoms with van der Waals surface area (Å²) >= 11 is 6.05. The Morgan fingerprint density at radius 3 is 2.53 bits per heavy atom. The van der Waals surface area contributed by atoms with Crippen molar-refractivity contribution in [2.45, 2.75) is 13.8 Å². The number of rotatable bonds is 2. The quantitative estimate of drug-likeness (QED) is 0.886. The van der Waals surface area contributed by atoms with E-state index in [2.05, 4.69) is 0 Å². The van der Waals surface area contributed by atoms with Crippen LogP contribution in [-0.4, -0.2) is 15.6 Å². The fourth-order valence-electron chi connectivity index (χ4n) is 1.90. The highest BCUT2D eigenvalue weighted by Gasteiger charge is 2.10. The van der Waals surface area contributed by atoms with Crippen molar-refractivity contribution >= 4 is 17.6 Å². The fraction of sp³-hybridized carbons (Fsp3) is 0.154. The van der Waals surface area contributed by atoms with E-state index >= 15 is 0 Å².